The summed E-state index contributed by atoms with van der Waals surface area (Å²) in [4.78, 5) is 11.7. The van der Waals surface area contributed by atoms with Gasteiger partial charge in [-0.25, -0.2) is 8.78 Å². The Bertz CT molecular complexity index is 641. The number of aromatic nitrogens is 2. The molecule has 106 valence electrons. The van der Waals surface area contributed by atoms with Crippen molar-refractivity contribution >= 4 is 11.7 Å². The van der Waals surface area contributed by atoms with E-state index in [2.05, 4.69) is 10.4 Å². The number of hydrogen-bond acceptors (Lipinski definition) is 3. The fourth-order valence-corrected chi connectivity index (χ4v) is 1.64. The number of nitrogens with zero attached hydrogens (tertiary/aromatic N) is 2. The maximum atomic E-state index is 13.3. The Morgan fingerprint density at radius 2 is 2.15 bits per heavy atom. The predicted octanol–water partition coefficient (Wildman–Crippen LogP) is 2.02. The van der Waals surface area contributed by atoms with Crippen LogP contribution in [0, 0.1) is 18.6 Å². The van der Waals surface area contributed by atoms with Crippen LogP contribution < -0.4 is 10.1 Å². The quantitative estimate of drug-likeness (QED) is 0.933. The number of nitrogens with one attached hydrogen (secondary N) is 1. The molecule has 0 spiro atoms. The van der Waals surface area contributed by atoms with Gasteiger partial charge in [0.25, 0.3) is 5.91 Å². The number of amides is 1. The second kappa shape index (κ2) is 5.68. The summed E-state index contributed by atoms with van der Waals surface area (Å²) >= 11 is 0. The first-order valence-corrected chi connectivity index (χ1v) is 5.84. The molecule has 0 fully saturated rings. The number of rotatable bonds is 4. The molecule has 0 atom stereocenters. The van der Waals surface area contributed by atoms with Crippen LogP contribution in [0.5, 0.6) is 5.75 Å². The Morgan fingerprint density at radius 1 is 1.40 bits per heavy atom. The number of aryl methyl sites for hydroxylation is 2. The smallest absolute Gasteiger partial charge is 0.263 e. The maximum absolute atomic E-state index is 13.3. The molecular formula is C13H13F2N3O2. The van der Waals surface area contributed by atoms with E-state index in [1.54, 1.807) is 20.0 Å². The van der Waals surface area contributed by atoms with Crippen molar-refractivity contribution in [1.29, 1.82) is 0 Å². The third-order valence-electron chi connectivity index (χ3n) is 2.52. The van der Waals surface area contributed by atoms with Crippen molar-refractivity contribution in [2.24, 2.45) is 7.05 Å². The van der Waals surface area contributed by atoms with E-state index in [0.29, 0.717) is 11.9 Å². The van der Waals surface area contributed by atoms with E-state index in [-0.39, 0.29) is 12.4 Å². The number of halogens is 2. The van der Waals surface area contributed by atoms with Gasteiger partial charge in [-0.05, 0) is 19.1 Å². The Hall–Kier alpha value is -2.44. The second-order valence-electron chi connectivity index (χ2n) is 4.21. The molecule has 0 saturated heterocycles. The molecule has 20 heavy (non-hydrogen) atoms. The molecule has 1 heterocycles. The molecule has 0 saturated carbocycles. The number of anilines is 1. The molecule has 0 bridgehead atoms. The molecule has 0 aliphatic carbocycles. The summed E-state index contributed by atoms with van der Waals surface area (Å²) in [5.74, 6) is -1.69. The molecule has 1 aromatic heterocycles. The Labute approximate surface area is 114 Å². The molecule has 1 N–H and O–H groups in total. The first-order valence-electron chi connectivity index (χ1n) is 5.84. The fraction of sp³-hybridized carbons (Fsp3) is 0.231. The first-order chi connectivity index (χ1) is 9.45. The zero-order valence-electron chi connectivity index (χ0n) is 11.0. The van der Waals surface area contributed by atoms with Gasteiger partial charge < -0.3 is 10.1 Å². The minimum atomic E-state index is -0.853. The van der Waals surface area contributed by atoms with E-state index in [1.807, 2.05) is 0 Å². The van der Waals surface area contributed by atoms with E-state index < -0.39 is 17.5 Å². The lowest BCUT2D eigenvalue weighted by Gasteiger charge is -2.08. The minimum Gasteiger partial charge on any atom is -0.481 e. The monoisotopic (exact) mass is 281 g/mol. The molecule has 0 radical (unpaired) electrons. The van der Waals surface area contributed by atoms with Crippen molar-refractivity contribution in [2.45, 2.75) is 6.92 Å². The van der Waals surface area contributed by atoms with Crippen molar-refractivity contribution in [1.82, 2.24) is 9.78 Å². The highest BCUT2D eigenvalue weighted by Crippen LogP contribution is 2.17. The fourth-order valence-electron chi connectivity index (χ4n) is 1.64. The van der Waals surface area contributed by atoms with Gasteiger partial charge in [-0.15, -0.1) is 0 Å². The highest BCUT2D eigenvalue weighted by Gasteiger charge is 2.10. The summed E-state index contributed by atoms with van der Waals surface area (Å²) < 4.78 is 32.5. The SMILES string of the molecule is Cc1cc(NC(=O)COc2ccc(F)cc2F)n(C)n1. The summed E-state index contributed by atoms with van der Waals surface area (Å²) in [5.41, 5.74) is 0.758. The van der Waals surface area contributed by atoms with Crippen molar-refractivity contribution in [3.63, 3.8) is 0 Å². The zero-order chi connectivity index (χ0) is 14.7. The summed E-state index contributed by atoms with van der Waals surface area (Å²) in [6.07, 6.45) is 0. The maximum Gasteiger partial charge on any atom is 0.263 e. The van der Waals surface area contributed by atoms with Gasteiger partial charge in [0.1, 0.15) is 11.6 Å². The van der Waals surface area contributed by atoms with Gasteiger partial charge in [0.05, 0.1) is 5.69 Å². The Kier molecular flexibility index (Phi) is 3.97. The van der Waals surface area contributed by atoms with Crippen molar-refractivity contribution < 1.29 is 18.3 Å². The second-order valence-corrected chi connectivity index (χ2v) is 4.21. The zero-order valence-corrected chi connectivity index (χ0v) is 11.0. The summed E-state index contributed by atoms with van der Waals surface area (Å²) in [5, 5.41) is 6.64. The highest BCUT2D eigenvalue weighted by molar-refractivity contribution is 5.91. The molecule has 7 heteroatoms. The lowest BCUT2D eigenvalue weighted by atomic mass is 10.3. The van der Waals surface area contributed by atoms with Gasteiger partial charge in [-0.2, -0.15) is 5.10 Å². The molecular weight excluding hydrogens is 268 g/mol. The molecule has 1 amide bonds. The van der Waals surface area contributed by atoms with Crippen LogP contribution in [-0.2, 0) is 11.8 Å². The summed E-state index contributed by atoms with van der Waals surface area (Å²) in [7, 11) is 1.68. The van der Waals surface area contributed by atoms with Gasteiger partial charge >= 0.3 is 0 Å². The topological polar surface area (TPSA) is 56.1 Å². The van der Waals surface area contributed by atoms with Gasteiger partial charge in [0.2, 0.25) is 0 Å². The Balaban J connectivity index is 1.94. The first kappa shape index (κ1) is 14.0. The lowest BCUT2D eigenvalue weighted by molar-refractivity contribution is -0.118. The highest BCUT2D eigenvalue weighted by atomic mass is 19.1. The van der Waals surface area contributed by atoms with Crippen LogP contribution in [0.2, 0.25) is 0 Å². The van der Waals surface area contributed by atoms with Crippen molar-refractivity contribution in [2.75, 3.05) is 11.9 Å². The molecule has 5 nitrogen and oxygen atoms in total. The standard InChI is InChI=1S/C13H13F2N3O2/c1-8-5-12(18(2)17-8)16-13(19)7-20-11-4-3-9(14)6-10(11)15/h3-6H,7H2,1-2H3,(H,16,19). The van der Waals surface area contributed by atoms with Crippen LogP contribution in [-0.4, -0.2) is 22.3 Å². The number of benzene rings is 1. The van der Waals surface area contributed by atoms with E-state index in [9.17, 15) is 13.6 Å². The van der Waals surface area contributed by atoms with Crippen molar-refractivity contribution in [3.05, 3.63) is 41.6 Å². The van der Waals surface area contributed by atoms with Crippen LogP contribution in [0.1, 0.15) is 5.69 Å². The summed E-state index contributed by atoms with van der Waals surface area (Å²) in [6, 6.07) is 4.57. The van der Waals surface area contributed by atoms with E-state index >= 15 is 0 Å². The minimum absolute atomic E-state index is 0.178. The van der Waals surface area contributed by atoms with Crippen LogP contribution in [0.3, 0.4) is 0 Å². The Morgan fingerprint density at radius 3 is 2.75 bits per heavy atom. The normalized spacial score (nSPS) is 10.4. The third kappa shape index (κ3) is 3.31. The third-order valence-corrected chi connectivity index (χ3v) is 2.52. The largest absolute Gasteiger partial charge is 0.481 e. The van der Waals surface area contributed by atoms with Crippen LogP contribution in [0.15, 0.2) is 24.3 Å². The van der Waals surface area contributed by atoms with Crippen LogP contribution >= 0.6 is 0 Å². The molecule has 2 rings (SSSR count). The van der Waals surface area contributed by atoms with Gasteiger partial charge in [-0.3, -0.25) is 9.48 Å². The van der Waals surface area contributed by atoms with E-state index in [1.165, 1.54) is 4.68 Å². The van der Waals surface area contributed by atoms with Gasteiger partial charge in [-0.1, -0.05) is 0 Å². The number of hydrogen-bond donors (Lipinski definition) is 1. The molecule has 2 aromatic rings. The number of carbonyl (C=O) groups excluding carboxylic acids is 1. The molecule has 1 aromatic carbocycles. The lowest BCUT2D eigenvalue weighted by Crippen LogP contribution is -2.21. The van der Waals surface area contributed by atoms with E-state index in [0.717, 1.165) is 17.8 Å². The average Bonchev–Trinajstić information content (AvgIpc) is 2.66. The molecule has 0 aliphatic heterocycles. The number of carbonyl (C=O) groups is 1. The predicted molar refractivity (Wildman–Crippen MR) is 68.4 cm³/mol. The van der Waals surface area contributed by atoms with E-state index in [4.69, 9.17) is 4.74 Å². The van der Waals surface area contributed by atoms with Crippen LogP contribution in [0.4, 0.5) is 14.6 Å². The van der Waals surface area contributed by atoms with Gasteiger partial charge in [0, 0.05) is 19.2 Å². The molecule has 0 aliphatic rings. The van der Waals surface area contributed by atoms with Crippen molar-refractivity contribution in [3.8, 4) is 5.75 Å². The van der Waals surface area contributed by atoms with Crippen LogP contribution in [0.25, 0.3) is 0 Å². The van der Waals surface area contributed by atoms with Gasteiger partial charge in [0.15, 0.2) is 18.2 Å². The molecule has 0 unspecified atom stereocenters. The summed E-state index contributed by atoms with van der Waals surface area (Å²) in [6.45, 7) is 1.41. The average molecular weight is 281 g/mol. The number of ether oxygens (including phenoxy) is 1.